The molecule has 2 bridgehead atoms. The number of hydrogen-bond donors (Lipinski definition) is 2. The summed E-state index contributed by atoms with van der Waals surface area (Å²) in [5.74, 6) is -3.30. The number of alkyl halides is 3. The number of amides is 4. The van der Waals surface area contributed by atoms with E-state index >= 15 is 0 Å². The lowest BCUT2D eigenvalue weighted by Gasteiger charge is -2.29. The van der Waals surface area contributed by atoms with Crippen molar-refractivity contribution in [2.24, 2.45) is 0 Å². The van der Waals surface area contributed by atoms with E-state index in [4.69, 9.17) is 4.74 Å². The molecule has 0 unspecified atom stereocenters. The molecule has 0 saturated carbocycles. The van der Waals surface area contributed by atoms with E-state index in [1.807, 2.05) is 24.3 Å². The Hall–Kier alpha value is -5.92. The zero-order valence-corrected chi connectivity index (χ0v) is 28.0. The molecule has 3 atom stereocenters. The van der Waals surface area contributed by atoms with Gasteiger partial charge in [0.2, 0.25) is 11.8 Å². The number of nitrogens with zero attached hydrogens (tertiary/aromatic N) is 3. The fraction of sp³-hybridized carbons (Fsp3) is 0.289. The number of rotatable bonds is 4. The van der Waals surface area contributed by atoms with E-state index in [-0.39, 0.29) is 43.5 Å². The van der Waals surface area contributed by atoms with E-state index in [1.54, 1.807) is 18.2 Å². The van der Waals surface area contributed by atoms with Gasteiger partial charge < -0.3 is 29.9 Å². The molecule has 0 aromatic heterocycles. The summed E-state index contributed by atoms with van der Waals surface area (Å²) in [5.41, 5.74) is -0.571. The number of ether oxygens (including phenoxy) is 1. The summed E-state index contributed by atoms with van der Waals surface area (Å²) >= 11 is 0. The van der Waals surface area contributed by atoms with Gasteiger partial charge in [0, 0.05) is 42.9 Å². The lowest BCUT2D eigenvalue weighted by Crippen LogP contribution is -2.47. The van der Waals surface area contributed by atoms with Gasteiger partial charge in [0.25, 0.3) is 11.8 Å². The molecule has 1 fully saturated rings. The quantitative estimate of drug-likeness (QED) is 0.304. The minimum absolute atomic E-state index is 0.0172. The molecule has 1 saturated heterocycles. The van der Waals surface area contributed by atoms with Crippen LogP contribution in [-0.2, 0) is 20.6 Å². The Kier molecular flexibility index (Phi) is 10.2. The molecule has 3 aliphatic heterocycles. The lowest BCUT2D eigenvalue weighted by molar-refractivity contribution is -0.142. The molecular formula is C38H35F3N4O7. The van der Waals surface area contributed by atoms with Gasteiger partial charge in [-0.3, -0.25) is 19.2 Å². The second-order valence-corrected chi connectivity index (χ2v) is 12.8. The normalized spacial score (nSPS) is 20.4. The van der Waals surface area contributed by atoms with Gasteiger partial charge in [-0.15, -0.1) is 0 Å². The fourth-order valence-electron chi connectivity index (χ4n) is 6.59. The highest BCUT2D eigenvalue weighted by Crippen LogP contribution is 2.30. The first-order chi connectivity index (χ1) is 24.8. The van der Waals surface area contributed by atoms with Crippen molar-refractivity contribution in [2.45, 2.75) is 43.6 Å². The van der Waals surface area contributed by atoms with Crippen LogP contribution in [0.25, 0.3) is 10.8 Å². The number of carbonyl (C=O) groups excluding carboxylic acids is 4. The Balaban J connectivity index is 1.32. The molecule has 14 heteroatoms. The topological polar surface area (TPSA) is 137 Å². The third-order valence-corrected chi connectivity index (χ3v) is 9.41. The van der Waals surface area contributed by atoms with Gasteiger partial charge >= 0.3 is 12.1 Å². The average Bonchev–Trinajstić information content (AvgIpc) is 3.54. The van der Waals surface area contributed by atoms with Crippen LogP contribution in [-0.4, -0.2) is 89.4 Å². The van der Waals surface area contributed by atoms with Crippen molar-refractivity contribution in [1.29, 1.82) is 0 Å². The summed E-state index contributed by atoms with van der Waals surface area (Å²) in [4.78, 5) is 70.7. The molecule has 4 aromatic carbocycles. The molecule has 11 nitrogen and oxygen atoms in total. The maximum atomic E-state index is 14.2. The molecule has 3 aliphatic rings. The number of nitrogens with one attached hydrogen (secondary N) is 1. The number of carboxylic acid groups (broad SMARTS) is 1. The van der Waals surface area contributed by atoms with E-state index in [0.717, 1.165) is 33.9 Å². The van der Waals surface area contributed by atoms with Crippen molar-refractivity contribution in [3.05, 3.63) is 108 Å². The van der Waals surface area contributed by atoms with E-state index in [1.165, 1.54) is 47.2 Å². The van der Waals surface area contributed by atoms with Gasteiger partial charge in [0.05, 0.1) is 11.6 Å². The first-order valence-corrected chi connectivity index (χ1v) is 16.6. The van der Waals surface area contributed by atoms with Gasteiger partial charge in [0.1, 0.15) is 24.9 Å². The number of aliphatic carboxylic acids is 1. The molecule has 0 radical (unpaired) electrons. The van der Waals surface area contributed by atoms with E-state index in [2.05, 4.69) is 5.32 Å². The minimum Gasteiger partial charge on any atom is -0.491 e. The maximum Gasteiger partial charge on any atom is 0.416 e. The van der Waals surface area contributed by atoms with Crippen molar-refractivity contribution in [3.8, 4) is 5.75 Å². The van der Waals surface area contributed by atoms with E-state index < -0.39 is 66.0 Å². The minimum atomic E-state index is -4.64. The fourth-order valence-corrected chi connectivity index (χ4v) is 6.59. The van der Waals surface area contributed by atoms with Crippen molar-refractivity contribution >= 4 is 46.1 Å². The van der Waals surface area contributed by atoms with Crippen molar-refractivity contribution in [1.82, 2.24) is 15.1 Å². The van der Waals surface area contributed by atoms with Crippen molar-refractivity contribution in [2.75, 3.05) is 31.6 Å². The standard InChI is InChI=1S/C38H35F3N4O7/c1-43-32(37(50)51)15-16-33(46)45(29-12-9-23-5-2-3-6-25(23)18-29)21-34(47)44-20-28(42-35(48)26-7-4-8-27(17-26)38(39,40)41)19-30(44)22-52-31-13-10-24(11-14-31)36(43)49/h2-14,17-18,28,30,32H,15-16,19-22H2,1H3,(H,42,48)(H,50,51)/t28-,30+,32+/m1/s1. The van der Waals surface area contributed by atoms with Crippen LogP contribution in [0.2, 0.25) is 0 Å². The smallest absolute Gasteiger partial charge is 0.416 e. The number of anilines is 1. The monoisotopic (exact) mass is 716 g/mol. The molecular weight excluding hydrogens is 681 g/mol. The molecule has 0 spiro atoms. The molecule has 0 aliphatic carbocycles. The lowest BCUT2D eigenvalue weighted by atomic mass is 10.1. The number of halogens is 3. The summed E-state index contributed by atoms with van der Waals surface area (Å²) in [6, 6.07) is 20.1. The van der Waals surface area contributed by atoms with Gasteiger partial charge in [-0.1, -0.05) is 36.4 Å². The third-order valence-electron chi connectivity index (χ3n) is 9.41. The summed E-state index contributed by atoms with van der Waals surface area (Å²) in [5, 5.41) is 14.5. The van der Waals surface area contributed by atoms with Crippen LogP contribution in [0.3, 0.4) is 0 Å². The van der Waals surface area contributed by atoms with Gasteiger partial charge in [-0.25, -0.2) is 4.79 Å². The molecule has 4 aromatic rings. The van der Waals surface area contributed by atoms with Gasteiger partial charge in [-0.2, -0.15) is 13.2 Å². The summed E-state index contributed by atoms with van der Waals surface area (Å²) in [6.45, 7) is -0.501. The number of benzene rings is 4. The third kappa shape index (κ3) is 7.85. The zero-order valence-electron chi connectivity index (χ0n) is 28.0. The summed E-state index contributed by atoms with van der Waals surface area (Å²) in [7, 11) is 1.35. The van der Waals surface area contributed by atoms with E-state index in [9.17, 15) is 42.3 Å². The van der Waals surface area contributed by atoms with Crippen molar-refractivity contribution in [3.63, 3.8) is 0 Å². The Morgan fingerprint density at radius 1 is 0.885 bits per heavy atom. The number of likely N-dealkylation sites (N-methyl/N-ethyl adjacent to an activating group) is 1. The van der Waals surface area contributed by atoms with Crippen LogP contribution in [0.1, 0.15) is 45.5 Å². The summed E-state index contributed by atoms with van der Waals surface area (Å²) in [6.07, 6.45) is -4.98. The van der Waals surface area contributed by atoms with Crippen LogP contribution >= 0.6 is 0 Å². The highest BCUT2D eigenvalue weighted by atomic mass is 19.4. The predicted octanol–water partition coefficient (Wildman–Crippen LogP) is 4.99. The SMILES string of the molecule is CN1C(=O)c2ccc(cc2)OC[C@@H]2C[C@@H](NC(=O)c3cccc(C(F)(F)F)c3)CN2C(=O)CN(c2ccc3ccccc3c2)C(=O)CC[C@H]1C(=O)O. The summed E-state index contributed by atoms with van der Waals surface area (Å²) < 4.78 is 46.0. The van der Waals surface area contributed by atoms with Crippen LogP contribution < -0.4 is 15.0 Å². The number of carbonyl (C=O) groups is 5. The first kappa shape index (κ1) is 35.9. The average molecular weight is 717 g/mol. The van der Waals surface area contributed by atoms with Crippen LogP contribution in [0, 0.1) is 0 Å². The highest BCUT2D eigenvalue weighted by molar-refractivity contribution is 6.01. The van der Waals surface area contributed by atoms with E-state index in [0.29, 0.717) is 11.4 Å². The van der Waals surface area contributed by atoms with Crippen LogP contribution in [0.4, 0.5) is 18.9 Å². The Morgan fingerprint density at radius 2 is 1.62 bits per heavy atom. The Bertz CT molecular complexity index is 2020. The second-order valence-electron chi connectivity index (χ2n) is 12.8. The maximum absolute atomic E-state index is 14.2. The van der Waals surface area contributed by atoms with Crippen LogP contribution in [0.5, 0.6) is 5.75 Å². The van der Waals surface area contributed by atoms with Gasteiger partial charge in [0.15, 0.2) is 0 Å². The number of fused-ring (bicyclic) bond motifs is 12. The zero-order chi connectivity index (χ0) is 37.2. The molecule has 4 amide bonds. The molecule has 270 valence electrons. The first-order valence-electron chi connectivity index (χ1n) is 16.6. The van der Waals surface area contributed by atoms with Crippen molar-refractivity contribution < 1.29 is 47.0 Å². The Labute approximate surface area is 296 Å². The predicted molar refractivity (Wildman–Crippen MR) is 184 cm³/mol. The highest BCUT2D eigenvalue weighted by Gasteiger charge is 2.39. The molecule has 52 heavy (non-hydrogen) atoms. The largest absolute Gasteiger partial charge is 0.491 e. The molecule has 3 heterocycles. The second kappa shape index (κ2) is 14.7. The number of carboxylic acids is 1. The van der Waals surface area contributed by atoms with Gasteiger partial charge in [-0.05, 0) is 78.2 Å². The van der Waals surface area contributed by atoms with Crippen LogP contribution in [0.15, 0.2) is 91.0 Å². The molecule has 2 N–H and O–H groups in total. The molecule has 7 rings (SSSR count). The Morgan fingerprint density at radius 3 is 2.33 bits per heavy atom. The number of hydrogen-bond acceptors (Lipinski definition) is 6.